The number of carbonyl (C=O) groups is 2. The van der Waals surface area contributed by atoms with Crippen molar-refractivity contribution in [2.75, 3.05) is 6.54 Å². The normalized spacial score (nSPS) is 13.1. The fraction of sp³-hybridized carbons (Fsp3) is 0.615. The zero-order chi connectivity index (χ0) is 14.6. The zero-order valence-electron chi connectivity index (χ0n) is 11.8. The molecule has 6 nitrogen and oxygen atoms in total. The number of aromatic amines is 1. The fourth-order valence-electron chi connectivity index (χ4n) is 1.55. The summed E-state index contributed by atoms with van der Waals surface area (Å²) in [6, 6.07) is 1.72. The van der Waals surface area contributed by atoms with E-state index in [1.807, 2.05) is 20.8 Å². The highest BCUT2D eigenvalue weighted by atomic mass is 16.4. The van der Waals surface area contributed by atoms with Crippen LogP contribution >= 0.6 is 0 Å². The van der Waals surface area contributed by atoms with Crippen molar-refractivity contribution < 1.29 is 14.7 Å². The predicted molar refractivity (Wildman–Crippen MR) is 71.0 cm³/mol. The molecule has 19 heavy (non-hydrogen) atoms. The van der Waals surface area contributed by atoms with Crippen LogP contribution in [0.2, 0.25) is 0 Å². The van der Waals surface area contributed by atoms with Crippen molar-refractivity contribution in [1.82, 2.24) is 15.5 Å². The molecule has 0 radical (unpaired) electrons. The number of nitrogens with zero attached hydrogens (tertiary/aromatic N) is 1. The van der Waals surface area contributed by atoms with Crippen LogP contribution in [0.1, 0.15) is 50.3 Å². The van der Waals surface area contributed by atoms with Crippen molar-refractivity contribution in [2.45, 2.75) is 39.5 Å². The van der Waals surface area contributed by atoms with Gasteiger partial charge in [-0.15, -0.1) is 0 Å². The Kier molecular flexibility index (Phi) is 4.69. The Morgan fingerprint density at radius 1 is 1.47 bits per heavy atom. The van der Waals surface area contributed by atoms with Crippen LogP contribution in [-0.2, 0) is 10.2 Å². The summed E-state index contributed by atoms with van der Waals surface area (Å²) in [6.45, 7) is 8.17. The summed E-state index contributed by atoms with van der Waals surface area (Å²) < 4.78 is 0. The Balaban J connectivity index is 2.55. The Morgan fingerprint density at radius 3 is 2.58 bits per heavy atom. The van der Waals surface area contributed by atoms with Crippen LogP contribution in [0.5, 0.6) is 0 Å². The fourth-order valence-corrected chi connectivity index (χ4v) is 1.55. The molecule has 0 aromatic carbocycles. The van der Waals surface area contributed by atoms with Crippen LogP contribution < -0.4 is 5.32 Å². The van der Waals surface area contributed by atoms with Crippen LogP contribution in [0.15, 0.2) is 6.07 Å². The molecule has 1 aromatic heterocycles. The maximum absolute atomic E-state index is 11.8. The lowest BCUT2D eigenvalue weighted by Gasteiger charge is -2.14. The van der Waals surface area contributed by atoms with Crippen molar-refractivity contribution >= 4 is 11.9 Å². The number of aromatic nitrogens is 2. The number of carbonyl (C=O) groups excluding carboxylic acids is 1. The number of carboxylic acid groups (broad SMARTS) is 1. The second kappa shape index (κ2) is 5.86. The van der Waals surface area contributed by atoms with Gasteiger partial charge < -0.3 is 10.4 Å². The Bertz CT molecular complexity index is 460. The standard InChI is InChI=1S/C13H21N3O3/c1-8(5-11(17)18)7-14-12(19)9-6-10(16-15-9)13(2,3)4/h6,8H,5,7H2,1-4H3,(H,14,19)(H,15,16)(H,17,18). The molecule has 3 N–H and O–H groups in total. The average Bonchev–Trinajstić information content (AvgIpc) is 2.73. The highest BCUT2D eigenvalue weighted by molar-refractivity contribution is 5.92. The van der Waals surface area contributed by atoms with Crippen LogP contribution in [0.4, 0.5) is 0 Å². The van der Waals surface area contributed by atoms with Crippen molar-refractivity contribution in [1.29, 1.82) is 0 Å². The van der Waals surface area contributed by atoms with Gasteiger partial charge in [0, 0.05) is 24.1 Å². The molecule has 0 bridgehead atoms. The predicted octanol–water partition coefficient (Wildman–Crippen LogP) is 1.55. The summed E-state index contributed by atoms with van der Waals surface area (Å²) in [7, 11) is 0. The van der Waals surface area contributed by atoms with Gasteiger partial charge in [0.25, 0.3) is 5.91 Å². The Labute approximate surface area is 112 Å². The molecule has 0 aliphatic heterocycles. The van der Waals surface area contributed by atoms with Gasteiger partial charge in [0.05, 0.1) is 0 Å². The third-order valence-corrected chi connectivity index (χ3v) is 2.75. The number of rotatable bonds is 5. The molecule has 1 unspecified atom stereocenters. The number of carboxylic acids is 1. The second-order valence-corrected chi connectivity index (χ2v) is 5.83. The summed E-state index contributed by atoms with van der Waals surface area (Å²) >= 11 is 0. The van der Waals surface area contributed by atoms with E-state index < -0.39 is 5.97 Å². The van der Waals surface area contributed by atoms with E-state index in [1.54, 1.807) is 13.0 Å². The summed E-state index contributed by atoms with van der Waals surface area (Å²) in [5.74, 6) is -1.26. The molecular formula is C13H21N3O3. The summed E-state index contributed by atoms with van der Waals surface area (Å²) in [6.07, 6.45) is 0.0358. The molecule has 1 atom stereocenters. The lowest BCUT2D eigenvalue weighted by Crippen LogP contribution is -2.29. The first-order valence-corrected chi connectivity index (χ1v) is 6.26. The third kappa shape index (κ3) is 4.73. The van der Waals surface area contributed by atoms with Crippen molar-refractivity contribution in [2.24, 2.45) is 5.92 Å². The number of nitrogens with one attached hydrogen (secondary N) is 2. The van der Waals surface area contributed by atoms with Gasteiger partial charge in [-0.3, -0.25) is 14.7 Å². The first kappa shape index (κ1) is 15.2. The summed E-state index contributed by atoms with van der Waals surface area (Å²) in [5, 5.41) is 18.1. The van der Waals surface area contributed by atoms with Gasteiger partial charge in [0.2, 0.25) is 0 Å². The average molecular weight is 267 g/mol. The van der Waals surface area contributed by atoms with E-state index in [4.69, 9.17) is 5.11 Å². The van der Waals surface area contributed by atoms with Crippen LogP contribution in [0, 0.1) is 5.92 Å². The smallest absolute Gasteiger partial charge is 0.303 e. The molecule has 6 heteroatoms. The SMILES string of the molecule is CC(CNC(=O)c1cc(C(C)(C)C)[nH]n1)CC(=O)O. The van der Waals surface area contributed by atoms with Crippen LogP contribution in [0.3, 0.4) is 0 Å². The van der Waals surface area contributed by atoms with E-state index in [1.165, 1.54) is 0 Å². The highest BCUT2D eigenvalue weighted by Crippen LogP contribution is 2.20. The topological polar surface area (TPSA) is 95.1 Å². The molecule has 0 aliphatic rings. The van der Waals surface area contributed by atoms with E-state index in [2.05, 4.69) is 15.5 Å². The lowest BCUT2D eigenvalue weighted by molar-refractivity contribution is -0.137. The van der Waals surface area contributed by atoms with E-state index in [9.17, 15) is 9.59 Å². The minimum absolute atomic E-state index is 0.0358. The van der Waals surface area contributed by atoms with Crippen molar-refractivity contribution in [3.05, 3.63) is 17.5 Å². The van der Waals surface area contributed by atoms with E-state index >= 15 is 0 Å². The van der Waals surface area contributed by atoms with Crippen molar-refractivity contribution in [3.8, 4) is 0 Å². The molecule has 0 spiro atoms. The first-order chi connectivity index (χ1) is 8.70. The largest absolute Gasteiger partial charge is 0.481 e. The summed E-state index contributed by atoms with van der Waals surface area (Å²) in [5.41, 5.74) is 1.12. The molecule has 106 valence electrons. The van der Waals surface area contributed by atoms with Crippen LogP contribution in [0.25, 0.3) is 0 Å². The molecule has 0 fully saturated rings. The number of hydrogen-bond acceptors (Lipinski definition) is 3. The van der Waals surface area contributed by atoms with Crippen molar-refractivity contribution in [3.63, 3.8) is 0 Å². The van der Waals surface area contributed by atoms with Gasteiger partial charge in [-0.2, -0.15) is 5.10 Å². The molecule has 1 amide bonds. The number of amides is 1. The number of H-pyrrole nitrogens is 1. The van der Waals surface area contributed by atoms with Gasteiger partial charge in [-0.05, 0) is 12.0 Å². The number of hydrogen-bond donors (Lipinski definition) is 3. The maximum Gasteiger partial charge on any atom is 0.303 e. The lowest BCUT2D eigenvalue weighted by atomic mass is 9.92. The molecule has 1 heterocycles. The maximum atomic E-state index is 11.8. The van der Waals surface area contributed by atoms with Crippen LogP contribution in [-0.4, -0.2) is 33.7 Å². The van der Waals surface area contributed by atoms with E-state index in [-0.39, 0.29) is 23.7 Å². The Hall–Kier alpha value is -1.85. The van der Waals surface area contributed by atoms with E-state index in [0.29, 0.717) is 12.2 Å². The molecular weight excluding hydrogens is 246 g/mol. The minimum Gasteiger partial charge on any atom is -0.481 e. The Morgan fingerprint density at radius 2 is 2.11 bits per heavy atom. The van der Waals surface area contributed by atoms with Gasteiger partial charge in [0.1, 0.15) is 5.69 Å². The van der Waals surface area contributed by atoms with E-state index in [0.717, 1.165) is 5.69 Å². The highest BCUT2D eigenvalue weighted by Gasteiger charge is 2.19. The molecule has 0 aliphatic carbocycles. The van der Waals surface area contributed by atoms with Gasteiger partial charge in [-0.25, -0.2) is 0 Å². The van der Waals surface area contributed by atoms with Gasteiger partial charge in [-0.1, -0.05) is 27.7 Å². The minimum atomic E-state index is -0.864. The number of aliphatic carboxylic acids is 1. The monoisotopic (exact) mass is 267 g/mol. The molecule has 0 saturated carbocycles. The third-order valence-electron chi connectivity index (χ3n) is 2.75. The van der Waals surface area contributed by atoms with Gasteiger partial charge in [0.15, 0.2) is 0 Å². The molecule has 0 saturated heterocycles. The molecule has 1 rings (SSSR count). The van der Waals surface area contributed by atoms with Gasteiger partial charge >= 0.3 is 5.97 Å². The quantitative estimate of drug-likeness (QED) is 0.754. The molecule has 1 aromatic rings. The first-order valence-electron chi connectivity index (χ1n) is 6.26. The summed E-state index contributed by atoms with van der Waals surface area (Å²) in [4.78, 5) is 22.3. The zero-order valence-corrected chi connectivity index (χ0v) is 11.8. The second-order valence-electron chi connectivity index (χ2n) is 5.83.